The van der Waals surface area contributed by atoms with E-state index in [1.54, 1.807) is 17.4 Å². The topological polar surface area (TPSA) is 156 Å². The first-order chi connectivity index (χ1) is 24.7. The van der Waals surface area contributed by atoms with Crippen LogP contribution in [0, 0.1) is 10.8 Å². The van der Waals surface area contributed by atoms with E-state index in [2.05, 4.69) is 25.6 Å². The maximum atomic E-state index is 14.8. The van der Waals surface area contributed by atoms with Gasteiger partial charge in [0.1, 0.15) is 30.2 Å². The monoisotopic (exact) mass is 772 g/mol. The van der Waals surface area contributed by atoms with Crippen molar-refractivity contribution in [1.82, 2.24) is 45.3 Å². The molecule has 0 aliphatic carbocycles. The van der Waals surface area contributed by atoms with E-state index in [-0.39, 0.29) is 38.9 Å². The summed E-state index contributed by atoms with van der Waals surface area (Å²) in [5, 5.41) is 24.4. The molecule has 1 aliphatic rings. The Morgan fingerprint density at radius 3 is 2.32 bits per heavy atom. The Bertz CT molecular complexity index is 1980. The van der Waals surface area contributed by atoms with Gasteiger partial charge in [0.25, 0.3) is 5.91 Å². The SMILES string of the molecule is C[C@H](NC(=O)OC[C@H](c1ccc(Cl)c(-c2ncnn2C(F)F)c1)N1C(=N)N[C@](CC(C)(C)C)(c2ccc(-c3cnn(C(F)F)n3)cc2)C1=O)C(F)(F)F. The van der Waals surface area contributed by atoms with Crippen molar-refractivity contribution in [3.63, 3.8) is 0 Å². The van der Waals surface area contributed by atoms with Crippen molar-refractivity contribution in [2.45, 2.75) is 71.0 Å². The summed E-state index contributed by atoms with van der Waals surface area (Å²) >= 11 is 6.38. The molecule has 1 saturated heterocycles. The Morgan fingerprint density at radius 2 is 1.74 bits per heavy atom. The number of hydrogen-bond acceptors (Lipinski definition) is 8. The number of guanidine groups is 1. The zero-order valence-corrected chi connectivity index (χ0v) is 29.1. The first-order valence-electron chi connectivity index (χ1n) is 15.7. The van der Waals surface area contributed by atoms with E-state index in [9.17, 15) is 40.3 Å². The normalized spacial score (nSPS) is 17.7. The smallest absolute Gasteiger partial charge is 0.408 e. The molecule has 0 radical (unpaired) electrons. The van der Waals surface area contributed by atoms with Crippen LogP contribution in [0.5, 0.6) is 0 Å². The number of hydrogen-bond donors (Lipinski definition) is 3. The van der Waals surface area contributed by atoms with Gasteiger partial charge in [-0.15, -0.1) is 9.90 Å². The van der Waals surface area contributed by atoms with Gasteiger partial charge in [0.2, 0.25) is 0 Å². The van der Waals surface area contributed by atoms with Crippen molar-refractivity contribution in [2.24, 2.45) is 5.41 Å². The minimum Gasteiger partial charge on any atom is -0.447 e. The molecule has 3 atom stereocenters. The van der Waals surface area contributed by atoms with Gasteiger partial charge in [-0.2, -0.15) is 45.6 Å². The second-order valence-corrected chi connectivity index (χ2v) is 13.7. The molecule has 0 unspecified atom stereocenters. The molecule has 0 saturated carbocycles. The van der Waals surface area contributed by atoms with E-state index in [0.29, 0.717) is 22.7 Å². The molecule has 3 N–H and O–H groups in total. The lowest BCUT2D eigenvalue weighted by atomic mass is 9.75. The zero-order valence-electron chi connectivity index (χ0n) is 28.3. The number of nitrogens with one attached hydrogen (secondary N) is 3. The standard InChI is InChI=1S/C32H32ClF7N10O3/c1-16(32(38,39)40)45-29(52)53-13-23(18-7-10-21(33)20(11-18)24-42-15-44-49(24)26(34)35)48-25(51)31(46-28(48)41,14-30(2,3)4)19-8-5-17(6-9-19)22-12-43-50(47-22)27(36)37/h5-12,15-16,23,26-27H,13-14H2,1-4H3,(H2,41,46)(H,45,52)/t16-,23+,31+/m0/s1. The number of alkyl carbamates (subject to hydrolysis) is 1. The van der Waals surface area contributed by atoms with Gasteiger partial charge < -0.3 is 15.4 Å². The summed E-state index contributed by atoms with van der Waals surface area (Å²) in [4.78, 5) is 32.4. The second kappa shape index (κ2) is 14.6. The summed E-state index contributed by atoms with van der Waals surface area (Å²) in [5.41, 5.74) is -1.40. The van der Waals surface area contributed by atoms with Crippen LogP contribution in [-0.2, 0) is 15.1 Å². The number of alkyl halides is 7. The highest BCUT2D eigenvalue weighted by Gasteiger charge is 2.54. The highest BCUT2D eigenvalue weighted by atomic mass is 35.5. The third-order valence-electron chi connectivity index (χ3n) is 8.19. The molecule has 1 fully saturated rings. The van der Waals surface area contributed by atoms with Crippen molar-refractivity contribution in [2.75, 3.05) is 6.61 Å². The van der Waals surface area contributed by atoms with E-state index in [4.69, 9.17) is 21.7 Å². The Hall–Kier alpha value is -5.27. The molecule has 21 heteroatoms. The largest absolute Gasteiger partial charge is 0.447 e. The van der Waals surface area contributed by atoms with E-state index >= 15 is 0 Å². The molecule has 53 heavy (non-hydrogen) atoms. The minimum atomic E-state index is -4.80. The molecule has 2 aromatic carbocycles. The van der Waals surface area contributed by atoms with Gasteiger partial charge in [-0.3, -0.25) is 15.1 Å². The average Bonchev–Trinajstić information content (AvgIpc) is 3.81. The van der Waals surface area contributed by atoms with Crippen LogP contribution < -0.4 is 10.6 Å². The van der Waals surface area contributed by atoms with Crippen LogP contribution in [-0.4, -0.2) is 71.4 Å². The fourth-order valence-corrected chi connectivity index (χ4v) is 6.05. The third kappa shape index (κ3) is 8.21. The lowest BCUT2D eigenvalue weighted by Crippen LogP contribution is -2.47. The Balaban J connectivity index is 1.58. The maximum absolute atomic E-state index is 14.8. The fourth-order valence-electron chi connectivity index (χ4n) is 5.84. The van der Waals surface area contributed by atoms with Crippen LogP contribution in [0.2, 0.25) is 5.02 Å². The number of benzene rings is 2. The molecule has 3 heterocycles. The number of ether oxygens (including phenoxy) is 1. The Kier molecular flexibility index (Phi) is 10.8. The van der Waals surface area contributed by atoms with Gasteiger partial charge in [0.15, 0.2) is 11.8 Å². The summed E-state index contributed by atoms with van der Waals surface area (Å²) in [5.74, 6) is -1.59. The predicted octanol–water partition coefficient (Wildman–Crippen LogP) is 7.06. The van der Waals surface area contributed by atoms with Gasteiger partial charge >= 0.3 is 25.4 Å². The molecule has 0 bridgehead atoms. The first-order valence-corrected chi connectivity index (χ1v) is 16.1. The Morgan fingerprint density at radius 1 is 1.06 bits per heavy atom. The highest BCUT2D eigenvalue weighted by molar-refractivity contribution is 6.33. The molecule has 284 valence electrons. The van der Waals surface area contributed by atoms with Gasteiger partial charge in [-0.1, -0.05) is 62.7 Å². The minimum absolute atomic E-state index is 0.0586. The van der Waals surface area contributed by atoms with Crippen molar-refractivity contribution in [3.05, 3.63) is 71.1 Å². The van der Waals surface area contributed by atoms with E-state index < -0.39 is 66.9 Å². The summed E-state index contributed by atoms with van der Waals surface area (Å²) in [7, 11) is 0. The van der Waals surface area contributed by atoms with Crippen molar-refractivity contribution >= 4 is 29.6 Å². The summed E-state index contributed by atoms with van der Waals surface area (Å²) in [6.07, 6.45) is -4.21. The van der Waals surface area contributed by atoms with Crippen LogP contribution in [0.15, 0.2) is 55.0 Å². The quantitative estimate of drug-likeness (QED) is 0.137. The van der Waals surface area contributed by atoms with Crippen LogP contribution in [0.4, 0.5) is 35.5 Å². The molecule has 13 nitrogen and oxygen atoms in total. The van der Waals surface area contributed by atoms with Crippen LogP contribution in [0.3, 0.4) is 0 Å². The molecular weight excluding hydrogens is 741 g/mol. The number of carbonyl (C=O) groups excluding carboxylic acids is 2. The molecule has 5 rings (SSSR count). The predicted molar refractivity (Wildman–Crippen MR) is 175 cm³/mol. The molecule has 4 aromatic rings. The van der Waals surface area contributed by atoms with Gasteiger partial charge in [-0.05, 0) is 42.0 Å². The lowest BCUT2D eigenvalue weighted by Gasteiger charge is -2.35. The van der Waals surface area contributed by atoms with Crippen LogP contribution in [0.25, 0.3) is 22.6 Å². The molecule has 1 aliphatic heterocycles. The lowest BCUT2D eigenvalue weighted by molar-refractivity contribution is -0.150. The van der Waals surface area contributed by atoms with E-state index in [0.717, 1.165) is 17.4 Å². The second-order valence-electron chi connectivity index (χ2n) is 13.3. The first kappa shape index (κ1) is 38.9. The average molecular weight is 773 g/mol. The number of amides is 2. The number of nitrogens with zero attached hydrogens (tertiary/aromatic N) is 7. The molecule has 2 aromatic heterocycles. The third-order valence-corrected chi connectivity index (χ3v) is 8.52. The molecule has 2 amide bonds. The Labute approximate surface area is 302 Å². The molecular formula is C32H32ClF7N10O3. The number of carbonyl (C=O) groups is 2. The maximum Gasteiger partial charge on any atom is 0.408 e. The summed E-state index contributed by atoms with van der Waals surface area (Å²) < 4.78 is 98.8. The zero-order chi connectivity index (χ0) is 39.0. The highest BCUT2D eigenvalue weighted by Crippen LogP contribution is 2.43. The van der Waals surface area contributed by atoms with Crippen LogP contribution >= 0.6 is 11.6 Å². The fraction of sp³-hybridized carbons (Fsp3) is 0.406. The van der Waals surface area contributed by atoms with Crippen molar-refractivity contribution in [1.29, 1.82) is 5.41 Å². The van der Waals surface area contributed by atoms with Crippen molar-refractivity contribution < 1.29 is 45.1 Å². The van der Waals surface area contributed by atoms with E-state index in [1.165, 1.54) is 30.3 Å². The number of aromatic nitrogens is 6. The van der Waals surface area contributed by atoms with Gasteiger partial charge in [-0.25, -0.2) is 9.78 Å². The molecule has 0 spiro atoms. The van der Waals surface area contributed by atoms with Crippen LogP contribution in [0.1, 0.15) is 64.4 Å². The number of rotatable bonds is 11. The number of halogens is 8. The summed E-state index contributed by atoms with van der Waals surface area (Å²) in [6, 6.07) is 6.32. The van der Waals surface area contributed by atoms with Gasteiger partial charge in [0, 0.05) is 11.1 Å². The van der Waals surface area contributed by atoms with Crippen molar-refractivity contribution in [3.8, 4) is 22.6 Å². The summed E-state index contributed by atoms with van der Waals surface area (Å²) in [6.45, 7) is -0.687. The van der Waals surface area contributed by atoms with E-state index in [1.807, 2.05) is 20.8 Å². The van der Waals surface area contributed by atoms with Gasteiger partial charge in [0.05, 0.1) is 17.3 Å².